The molecule has 2 aliphatic heterocycles. The zero-order valence-corrected chi connectivity index (χ0v) is 7.04. The van der Waals surface area contributed by atoms with E-state index < -0.39 is 0 Å². The molecule has 0 radical (unpaired) electrons. The van der Waals surface area contributed by atoms with Crippen LogP contribution in [0.3, 0.4) is 0 Å². The van der Waals surface area contributed by atoms with Crippen LogP contribution in [0.4, 0.5) is 0 Å². The molecule has 0 bridgehead atoms. The van der Waals surface area contributed by atoms with Crippen LogP contribution >= 0.6 is 12.4 Å². The maximum atomic E-state index is 5.47. The molecule has 0 aliphatic carbocycles. The Kier molecular flexibility index (Phi) is 2.23. The van der Waals surface area contributed by atoms with Crippen molar-refractivity contribution in [3.05, 3.63) is 0 Å². The monoisotopic (exact) mass is 163 g/mol. The molecule has 0 aromatic heterocycles. The summed E-state index contributed by atoms with van der Waals surface area (Å²) in [7, 11) is 0. The molecule has 2 fully saturated rings. The highest BCUT2D eigenvalue weighted by Gasteiger charge is 2.43. The van der Waals surface area contributed by atoms with Gasteiger partial charge in [-0.2, -0.15) is 0 Å². The fourth-order valence-electron chi connectivity index (χ4n) is 1.77. The van der Waals surface area contributed by atoms with E-state index in [1.807, 2.05) is 0 Å². The van der Waals surface area contributed by atoms with E-state index >= 15 is 0 Å². The van der Waals surface area contributed by atoms with Crippen LogP contribution in [-0.4, -0.2) is 25.8 Å². The highest BCUT2D eigenvalue weighted by molar-refractivity contribution is 5.85. The number of hydrogen-bond donors (Lipinski definition) is 1. The van der Waals surface area contributed by atoms with E-state index in [9.17, 15) is 0 Å². The third-order valence-electron chi connectivity index (χ3n) is 2.39. The lowest BCUT2D eigenvalue weighted by Gasteiger charge is -2.37. The lowest BCUT2D eigenvalue weighted by Crippen LogP contribution is -2.53. The lowest BCUT2D eigenvalue weighted by molar-refractivity contribution is 0.0868. The second kappa shape index (κ2) is 2.68. The van der Waals surface area contributed by atoms with Crippen molar-refractivity contribution in [1.82, 2.24) is 5.32 Å². The van der Waals surface area contributed by atoms with Gasteiger partial charge in [0.1, 0.15) is 0 Å². The Hall–Kier alpha value is 0.210. The molecule has 1 spiro atoms. The quantitative estimate of drug-likeness (QED) is 0.571. The van der Waals surface area contributed by atoms with Crippen LogP contribution in [0.25, 0.3) is 0 Å². The second-order valence-corrected chi connectivity index (χ2v) is 3.43. The zero-order chi connectivity index (χ0) is 6.32. The predicted molar refractivity (Wildman–Crippen MR) is 42.6 cm³/mol. The SMILES string of the molecule is CC1CC2(CNC2)CO1.Cl. The average molecular weight is 164 g/mol. The molecule has 0 aromatic rings. The van der Waals surface area contributed by atoms with Crippen LogP contribution in [0.2, 0.25) is 0 Å². The van der Waals surface area contributed by atoms with Gasteiger partial charge in [-0.15, -0.1) is 12.4 Å². The highest BCUT2D eigenvalue weighted by Crippen LogP contribution is 2.35. The summed E-state index contributed by atoms with van der Waals surface area (Å²) in [5.74, 6) is 0. The molecule has 2 rings (SSSR count). The maximum absolute atomic E-state index is 5.47. The van der Waals surface area contributed by atoms with Crippen LogP contribution in [-0.2, 0) is 4.74 Å². The van der Waals surface area contributed by atoms with Gasteiger partial charge in [-0.25, -0.2) is 0 Å². The van der Waals surface area contributed by atoms with Crippen molar-refractivity contribution in [3.8, 4) is 0 Å². The Morgan fingerprint density at radius 2 is 2.20 bits per heavy atom. The Balaban J connectivity index is 0.000000500. The zero-order valence-electron chi connectivity index (χ0n) is 6.22. The molecular weight excluding hydrogens is 150 g/mol. The van der Waals surface area contributed by atoms with Gasteiger partial charge in [-0.1, -0.05) is 0 Å². The highest BCUT2D eigenvalue weighted by atomic mass is 35.5. The topological polar surface area (TPSA) is 21.3 Å². The van der Waals surface area contributed by atoms with E-state index in [4.69, 9.17) is 4.74 Å². The van der Waals surface area contributed by atoms with E-state index in [2.05, 4.69) is 12.2 Å². The molecule has 1 N–H and O–H groups in total. The van der Waals surface area contributed by atoms with Gasteiger partial charge in [-0.05, 0) is 13.3 Å². The van der Waals surface area contributed by atoms with Crippen LogP contribution in [0.1, 0.15) is 13.3 Å². The Morgan fingerprint density at radius 3 is 2.40 bits per heavy atom. The molecule has 2 heterocycles. The summed E-state index contributed by atoms with van der Waals surface area (Å²) in [5.41, 5.74) is 0.555. The third kappa shape index (κ3) is 1.16. The summed E-state index contributed by atoms with van der Waals surface area (Å²) in [6.07, 6.45) is 1.77. The fourth-order valence-corrected chi connectivity index (χ4v) is 1.77. The number of rotatable bonds is 0. The van der Waals surface area contributed by atoms with Gasteiger partial charge >= 0.3 is 0 Å². The molecule has 1 unspecified atom stereocenters. The summed E-state index contributed by atoms with van der Waals surface area (Å²) in [6.45, 7) is 5.50. The van der Waals surface area contributed by atoms with Gasteiger partial charge in [0.15, 0.2) is 0 Å². The number of ether oxygens (including phenoxy) is 1. The van der Waals surface area contributed by atoms with Crippen LogP contribution < -0.4 is 5.32 Å². The molecule has 0 saturated carbocycles. The number of hydrogen-bond acceptors (Lipinski definition) is 2. The van der Waals surface area contributed by atoms with Crippen LogP contribution in [0, 0.1) is 5.41 Å². The largest absolute Gasteiger partial charge is 0.378 e. The molecule has 0 amide bonds. The van der Waals surface area contributed by atoms with E-state index in [0.29, 0.717) is 11.5 Å². The first kappa shape index (κ1) is 8.31. The molecular formula is C7H14ClNO. The standard InChI is InChI=1S/C7H13NO.ClH/c1-6-2-7(5-9-6)3-8-4-7;/h6,8H,2-5H2,1H3;1H. The summed E-state index contributed by atoms with van der Waals surface area (Å²) >= 11 is 0. The van der Waals surface area contributed by atoms with Crippen molar-refractivity contribution in [3.63, 3.8) is 0 Å². The molecule has 0 aromatic carbocycles. The lowest BCUT2D eigenvalue weighted by atomic mass is 9.80. The van der Waals surface area contributed by atoms with Crippen molar-refractivity contribution in [1.29, 1.82) is 0 Å². The van der Waals surface area contributed by atoms with Gasteiger partial charge in [0.2, 0.25) is 0 Å². The van der Waals surface area contributed by atoms with Gasteiger partial charge in [0.05, 0.1) is 12.7 Å². The van der Waals surface area contributed by atoms with Gasteiger partial charge < -0.3 is 10.1 Å². The average Bonchev–Trinajstić information content (AvgIpc) is 2.09. The normalized spacial score (nSPS) is 35.1. The smallest absolute Gasteiger partial charge is 0.0554 e. The van der Waals surface area contributed by atoms with Crippen molar-refractivity contribution in [2.24, 2.45) is 5.41 Å². The van der Waals surface area contributed by atoms with E-state index in [0.717, 1.165) is 6.61 Å². The molecule has 2 aliphatic rings. The Bertz CT molecular complexity index is 125. The van der Waals surface area contributed by atoms with Crippen LogP contribution in [0.15, 0.2) is 0 Å². The first-order valence-electron chi connectivity index (χ1n) is 3.63. The minimum Gasteiger partial charge on any atom is -0.378 e. The summed E-state index contributed by atoms with van der Waals surface area (Å²) in [4.78, 5) is 0. The summed E-state index contributed by atoms with van der Waals surface area (Å²) < 4.78 is 5.47. The summed E-state index contributed by atoms with van der Waals surface area (Å²) in [6, 6.07) is 0. The fraction of sp³-hybridized carbons (Fsp3) is 1.00. The maximum Gasteiger partial charge on any atom is 0.0554 e. The minimum absolute atomic E-state index is 0. The molecule has 60 valence electrons. The second-order valence-electron chi connectivity index (χ2n) is 3.43. The minimum atomic E-state index is 0. The summed E-state index contributed by atoms with van der Waals surface area (Å²) in [5, 5.41) is 3.28. The first-order valence-corrected chi connectivity index (χ1v) is 3.63. The Labute approximate surface area is 67.7 Å². The third-order valence-corrected chi connectivity index (χ3v) is 2.39. The molecule has 2 saturated heterocycles. The van der Waals surface area contributed by atoms with Crippen LogP contribution in [0.5, 0.6) is 0 Å². The van der Waals surface area contributed by atoms with Gasteiger partial charge in [0.25, 0.3) is 0 Å². The number of halogens is 1. The van der Waals surface area contributed by atoms with Crippen molar-refractivity contribution in [2.75, 3.05) is 19.7 Å². The van der Waals surface area contributed by atoms with E-state index in [1.165, 1.54) is 19.5 Å². The van der Waals surface area contributed by atoms with Crippen molar-refractivity contribution < 1.29 is 4.74 Å². The molecule has 3 heteroatoms. The van der Waals surface area contributed by atoms with Crippen molar-refractivity contribution in [2.45, 2.75) is 19.4 Å². The molecule has 10 heavy (non-hydrogen) atoms. The first-order chi connectivity index (χ1) is 4.31. The van der Waals surface area contributed by atoms with E-state index in [-0.39, 0.29) is 12.4 Å². The molecule has 2 nitrogen and oxygen atoms in total. The van der Waals surface area contributed by atoms with E-state index in [1.54, 1.807) is 0 Å². The Morgan fingerprint density at radius 1 is 1.50 bits per heavy atom. The van der Waals surface area contributed by atoms with Gasteiger partial charge in [-0.3, -0.25) is 0 Å². The predicted octanol–water partition coefficient (Wildman–Crippen LogP) is 0.807. The molecule has 1 atom stereocenters. The number of nitrogens with one attached hydrogen (secondary N) is 1. The van der Waals surface area contributed by atoms with Gasteiger partial charge in [0, 0.05) is 18.5 Å². The van der Waals surface area contributed by atoms with Crippen molar-refractivity contribution >= 4 is 12.4 Å².